The largest absolute Gasteiger partial charge is 0.324 e. The summed E-state index contributed by atoms with van der Waals surface area (Å²) < 4.78 is 1.77. The molecule has 0 bridgehead atoms. The van der Waals surface area contributed by atoms with E-state index in [0.717, 1.165) is 11.4 Å². The molecule has 0 unspecified atom stereocenters. The van der Waals surface area contributed by atoms with Gasteiger partial charge in [-0.15, -0.1) is 10.2 Å². The smallest absolute Gasteiger partial charge is 0.271 e. The zero-order chi connectivity index (χ0) is 18.8. The van der Waals surface area contributed by atoms with Gasteiger partial charge in [0, 0.05) is 23.5 Å². The molecule has 0 spiro atoms. The number of nitro benzene ring substituents is 1. The lowest BCUT2D eigenvalue weighted by Gasteiger charge is -2.07. The predicted octanol–water partition coefficient (Wildman–Crippen LogP) is 3.03. The lowest BCUT2D eigenvalue weighted by atomic mass is 10.3. The lowest BCUT2D eigenvalue weighted by Crippen LogP contribution is -2.14. The zero-order valence-corrected chi connectivity index (χ0v) is 15.3. The number of thioether (sulfide) groups is 1. The van der Waals surface area contributed by atoms with Gasteiger partial charge in [-0.3, -0.25) is 19.3 Å². The molecular formula is C15H13ClN6O3S. The molecule has 0 aliphatic carbocycles. The minimum absolute atomic E-state index is 0.0709. The predicted molar refractivity (Wildman–Crippen MR) is 97.7 cm³/mol. The molecule has 1 N–H and O–H groups in total. The van der Waals surface area contributed by atoms with Crippen LogP contribution in [0.15, 0.2) is 29.4 Å². The van der Waals surface area contributed by atoms with Gasteiger partial charge in [0.25, 0.3) is 11.5 Å². The molecule has 3 aromatic rings. The van der Waals surface area contributed by atoms with E-state index in [0.29, 0.717) is 16.6 Å². The second-order valence-corrected chi connectivity index (χ2v) is 6.76. The Morgan fingerprint density at radius 1 is 1.35 bits per heavy atom. The Kier molecular flexibility index (Phi) is 5.05. The molecule has 134 valence electrons. The summed E-state index contributed by atoms with van der Waals surface area (Å²) in [7, 11) is 0. The van der Waals surface area contributed by atoms with Crippen molar-refractivity contribution in [1.82, 2.24) is 19.6 Å². The third-order valence-corrected chi connectivity index (χ3v) is 4.67. The summed E-state index contributed by atoms with van der Waals surface area (Å²) in [6.45, 7) is 3.78. The highest BCUT2D eigenvalue weighted by Crippen LogP contribution is 2.27. The van der Waals surface area contributed by atoms with E-state index >= 15 is 0 Å². The first-order valence-corrected chi connectivity index (χ1v) is 8.77. The first-order chi connectivity index (χ1) is 12.3. The molecule has 2 aromatic heterocycles. The van der Waals surface area contributed by atoms with Crippen molar-refractivity contribution in [3.63, 3.8) is 0 Å². The average molecular weight is 393 g/mol. The number of hydrogen-bond acceptors (Lipinski definition) is 7. The Morgan fingerprint density at radius 3 is 2.81 bits per heavy atom. The summed E-state index contributed by atoms with van der Waals surface area (Å²) in [5, 5.41) is 22.0. The Labute approximate surface area is 156 Å². The number of halogens is 1. The van der Waals surface area contributed by atoms with Crippen LogP contribution in [0.4, 0.5) is 11.4 Å². The van der Waals surface area contributed by atoms with Crippen LogP contribution < -0.4 is 5.32 Å². The topological polar surface area (TPSA) is 115 Å². The number of rotatable bonds is 5. The van der Waals surface area contributed by atoms with Gasteiger partial charge >= 0.3 is 0 Å². The van der Waals surface area contributed by atoms with Crippen molar-refractivity contribution in [3.8, 4) is 0 Å². The first-order valence-electron chi connectivity index (χ1n) is 7.41. The van der Waals surface area contributed by atoms with Gasteiger partial charge in [0.15, 0.2) is 5.16 Å². The molecular weight excluding hydrogens is 380 g/mol. The van der Waals surface area contributed by atoms with Crippen LogP contribution in [0.2, 0.25) is 5.02 Å². The number of nitro groups is 1. The Hall–Kier alpha value is -2.72. The molecule has 0 fully saturated rings. The molecule has 0 radical (unpaired) electrons. The number of nitrogens with zero attached hydrogens (tertiary/aromatic N) is 5. The van der Waals surface area contributed by atoms with Gasteiger partial charge < -0.3 is 5.32 Å². The van der Waals surface area contributed by atoms with E-state index in [-0.39, 0.29) is 22.4 Å². The van der Waals surface area contributed by atoms with Crippen LogP contribution in [0.1, 0.15) is 11.4 Å². The maximum atomic E-state index is 12.2. The van der Waals surface area contributed by atoms with Crippen LogP contribution in [0.25, 0.3) is 5.78 Å². The van der Waals surface area contributed by atoms with Gasteiger partial charge in [-0.2, -0.15) is 0 Å². The van der Waals surface area contributed by atoms with E-state index in [1.807, 2.05) is 19.9 Å². The molecule has 3 rings (SSSR count). The molecule has 1 amide bonds. The van der Waals surface area contributed by atoms with Gasteiger partial charge in [-0.1, -0.05) is 23.4 Å². The van der Waals surface area contributed by atoms with E-state index < -0.39 is 4.92 Å². The molecule has 0 saturated carbocycles. The molecule has 9 nitrogen and oxygen atoms in total. The summed E-state index contributed by atoms with van der Waals surface area (Å²) in [5.74, 6) is 0.227. The van der Waals surface area contributed by atoms with Crippen molar-refractivity contribution >= 4 is 46.4 Å². The summed E-state index contributed by atoms with van der Waals surface area (Å²) in [6, 6.07) is 5.76. The van der Waals surface area contributed by atoms with E-state index in [4.69, 9.17) is 11.6 Å². The molecule has 26 heavy (non-hydrogen) atoms. The van der Waals surface area contributed by atoms with Crippen molar-refractivity contribution in [2.24, 2.45) is 0 Å². The summed E-state index contributed by atoms with van der Waals surface area (Å²) in [5.41, 5.74) is 1.92. The monoisotopic (exact) mass is 392 g/mol. The minimum atomic E-state index is -0.554. The summed E-state index contributed by atoms with van der Waals surface area (Å²) in [4.78, 5) is 26.6. The highest BCUT2D eigenvalue weighted by Gasteiger charge is 2.14. The van der Waals surface area contributed by atoms with Gasteiger partial charge in [0.2, 0.25) is 5.91 Å². The number of anilines is 1. The molecule has 2 heterocycles. The molecule has 0 saturated heterocycles. The highest BCUT2D eigenvalue weighted by molar-refractivity contribution is 7.99. The van der Waals surface area contributed by atoms with Crippen molar-refractivity contribution in [2.75, 3.05) is 11.1 Å². The number of carbonyl (C=O) groups is 1. The Balaban J connectivity index is 1.69. The van der Waals surface area contributed by atoms with E-state index in [2.05, 4.69) is 20.5 Å². The molecule has 1 aromatic carbocycles. The van der Waals surface area contributed by atoms with Crippen molar-refractivity contribution in [2.45, 2.75) is 19.0 Å². The normalized spacial score (nSPS) is 10.9. The third-order valence-electron chi connectivity index (χ3n) is 3.43. The quantitative estimate of drug-likeness (QED) is 0.403. The molecule has 11 heteroatoms. The number of carbonyl (C=O) groups excluding carboxylic acids is 1. The summed E-state index contributed by atoms with van der Waals surface area (Å²) >= 11 is 7.17. The second-order valence-electron chi connectivity index (χ2n) is 5.41. The number of benzene rings is 1. The van der Waals surface area contributed by atoms with E-state index in [1.54, 1.807) is 4.40 Å². The molecule has 0 aliphatic rings. The number of aryl methyl sites for hydroxylation is 2. The number of non-ortho nitro benzene ring substituents is 1. The highest BCUT2D eigenvalue weighted by atomic mass is 35.5. The minimum Gasteiger partial charge on any atom is -0.324 e. The maximum Gasteiger partial charge on any atom is 0.271 e. The number of nitrogens with one attached hydrogen (secondary N) is 1. The molecule has 0 aliphatic heterocycles. The Morgan fingerprint density at radius 2 is 2.12 bits per heavy atom. The van der Waals surface area contributed by atoms with E-state index in [1.165, 1.54) is 30.0 Å². The van der Waals surface area contributed by atoms with Gasteiger partial charge in [-0.25, -0.2) is 4.98 Å². The van der Waals surface area contributed by atoms with E-state index in [9.17, 15) is 14.9 Å². The standard InChI is InChI=1S/C15H13ClN6O3S/c1-8-5-9(2)21-14(17-8)19-20-15(21)26-7-13(23)18-12-4-3-10(22(24)25)6-11(12)16/h3-6H,7H2,1-2H3,(H,18,23). The van der Waals surface area contributed by atoms with Crippen LogP contribution in [0.5, 0.6) is 0 Å². The van der Waals surface area contributed by atoms with Crippen LogP contribution in [-0.4, -0.2) is 36.2 Å². The Bertz CT molecular complexity index is 1020. The van der Waals surface area contributed by atoms with Gasteiger partial charge in [-0.05, 0) is 26.0 Å². The van der Waals surface area contributed by atoms with Crippen LogP contribution in [-0.2, 0) is 4.79 Å². The van der Waals surface area contributed by atoms with Crippen LogP contribution in [0.3, 0.4) is 0 Å². The van der Waals surface area contributed by atoms with Crippen LogP contribution >= 0.6 is 23.4 Å². The van der Waals surface area contributed by atoms with Crippen LogP contribution in [0, 0.1) is 24.0 Å². The fraction of sp³-hybridized carbons (Fsp3) is 0.200. The first kappa shape index (κ1) is 18.1. The fourth-order valence-electron chi connectivity index (χ4n) is 2.33. The van der Waals surface area contributed by atoms with Crippen molar-refractivity contribution < 1.29 is 9.72 Å². The maximum absolute atomic E-state index is 12.2. The average Bonchev–Trinajstić information content (AvgIpc) is 2.97. The van der Waals surface area contributed by atoms with Gasteiger partial charge in [0.1, 0.15) is 0 Å². The number of hydrogen-bond donors (Lipinski definition) is 1. The fourth-order valence-corrected chi connectivity index (χ4v) is 3.34. The third kappa shape index (κ3) is 3.75. The van der Waals surface area contributed by atoms with Crippen molar-refractivity contribution in [3.05, 3.63) is 50.8 Å². The number of amides is 1. The van der Waals surface area contributed by atoms with Crippen molar-refractivity contribution in [1.29, 1.82) is 0 Å². The van der Waals surface area contributed by atoms with Gasteiger partial charge in [0.05, 0.1) is 21.4 Å². The zero-order valence-electron chi connectivity index (χ0n) is 13.8. The molecule has 0 atom stereocenters. The lowest BCUT2D eigenvalue weighted by molar-refractivity contribution is -0.384. The SMILES string of the molecule is Cc1cc(C)n2c(SCC(=O)Nc3ccc([N+](=O)[O-])cc3Cl)nnc2n1. The number of aromatic nitrogens is 4. The summed E-state index contributed by atoms with van der Waals surface area (Å²) in [6.07, 6.45) is 0. The number of fused-ring (bicyclic) bond motifs is 1. The second kappa shape index (κ2) is 7.26.